The lowest BCUT2D eigenvalue weighted by Crippen LogP contribution is -2.43. The van der Waals surface area contributed by atoms with Gasteiger partial charge >= 0.3 is 0 Å². The van der Waals surface area contributed by atoms with Crippen LogP contribution in [0.1, 0.15) is 71.9 Å². The number of pyridine rings is 1. The van der Waals surface area contributed by atoms with Crippen LogP contribution in [0.2, 0.25) is 0 Å². The van der Waals surface area contributed by atoms with Gasteiger partial charge in [-0.25, -0.2) is 27.7 Å². The van der Waals surface area contributed by atoms with E-state index in [2.05, 4.69) is 20.1 Å². The fourth-order valence-electron chi connectivity index (χ4n) is 4.44. The molecule has 11 heteroatoms. The molecular formula is C22H23F3N6O2. The number of alkyl halides is 2. The van der Waals surface area contributed by atoms with Crippen LogP contribution in [0.3, 0.4) is 0 Å². The summed E-state index contributed by atoms with van der Waals surface area (Å²) in [6, 6.07) is 2.84. The van der Waals surface area contributed by atoms with Gasteiger partial charge in [-0.05, 0) is 37.3 Å². The number of carbonyl (C=O) groups excluding carboxylic acids is 1. The van der Waals surface area contributed by atoms with Crippen molar-refractivity contribution in [1.29, 1.82) is 0 Å². The molecule has 5 rings (SSSR count). The van der Waals surface area contributed by atoms with Gasteiger partial charge in [0.15, 0.2) is 5.82 Å². The van der Waals surface area contributed by atoms with E-state index in [9.17, 15) is 18.0 Å². The minimum absolute atomic E-state index is 0.0771. The van der Waals surface area contributed by atoms with Gasteiger partial charge in [-0.15, -0.1) is 0 Å². The zero-order valence-corrected chi connectivity index (χ0v) is 18.2. The van der Waals surface area contributed by atoms with Crippen molar-refractivity contribution in [3.05, 3.63) is 46.9 Å². The molecule has 1 amide bonds. The van der Waals surface area contributed by atoms with Crippen LogP contribution in [-0.4, -0.2) is 55.6 Å². The summed E-state index contributed by atoms with van der Waals surface area (Å²) in [5.74, 6) is -1.38. The average molecular weight is 460 g/mol. The highest BCUT2D eigenvalue weighted by Crippen LogP contribution is 2.41. The number of hydrogen-bond acceptors (Lipinski definition) is 6. The summed E-state index contributed by atoms with van der Waals surface area (Å²) in [5.41, 5.74) is 0.689. The number of piperidine rings is 1. The second-order valence-corrected chi connectivity index (χ2v) is 8.69. The Kier molecular flexibility index (Phi) is 5.41. The number of amides is 1. The highest BCUT2D eigenvalue weighted by molar-refractivity contribution is 5.95. The van der Waals surface area contributed by atoms with Crippen LogP contribution in [0.15, 0.2) is 18.5 Å². The molecule has 8 nitrogen and oxygen atoms in total. The predicted octanol–water partition coefficient (Wildman–Crippen LogP) is 3.75. The molecule has 3 aromatic heterocycles. The smallest absolute Gasteiger partial charge is 0.280 e. The second kappa shape index (κ2) is 8.27. The zero-order chi connectivity index (χ0) is 23.3. The molecule has 4 heterocycles. The van der Waals surface area contributed by atoms with E-state index < -0.39 is 18.1 Å². The average Bonchev–Trinajstić information content (AvgIpc) is 3.55. The summed E-state index contributed by atoms with van der Waals surface area (Å²) in [6.07, 6.45) is 1.01. The molecule has 0 aromatic carbocycles. The molecule has 2 aliphatic rings. The molecule has 3 aromatic rings. The van der Waals surface area contributed by atoms with Crippen LogP contribution < -0.4 is 4.74 Å². The first-order valence-electron chi connectivity index (χ1n) is 10.9. The summed E-state index contributed by atoms with van der Waals surface area (Å²) in [5, 5.41) is 4.14. The Balaban J connectivity index is 1.49. The van der Waals surface area contributed by atoms with Crippen LogP contribution in [0.5, 0.6) is 5.88 Å². The van der Waals surface area contributed by atoms with Crippen LogP contribution >= 0.6 is 0 Å². The fourth-order valence-corrected chi connectivity index (χ4v) is 4.44. The third-order valence-corrected chi connectivity index (χ3v) is 6.51. The standard InChI is InChI=1S/C22H23F3N6O2/c1-11-5-6-30(21(32)13-7-15(12-3-4-12)28-20(33-2)18(13)23)9-14(11)17-8-16(19(24)25)29-22-26-10-27-31(17)22/h7-8,10-12,14,19H,3-6,9H2,1-2H3/t11-,14-/m1/s1. The van der Waals surface area contributed by atoms with E-state index in [1.165, 1.54) is 30.1 Å². The lowest BCUT2D eigenvalue weighted by molar-refractivity contribution is 0.0659. The summed E-state index contributed by atoms with van der Waals surface area (Å²) in [6.45, 7) is 2.65. The SMILES string of the molecule is COc1nc(C2CC2)cc(C(=O)N2CC[C@@H](C)[C@H](c3cc(C(F)F)nc4ncnn34)C2)c1F. The summed E-state index contributed by atoms with van der Waals surface area (Å²) >= 11 is 0. The molecule has 1 saturated heterocycles. The number of hydrogen-bond donors (Lipinski definition) is 0. The van der Waals surface area contributed by atoms with Gasteiger partial charge in [0.2, 0.25) is 0 Å². The number of carbonyl (C=O) groups is 1. The molecule has 0 radical (unpaired) electrons. The van der Waals surface area contributed by atoms with Gasteiger partial charge in [0.1, 0.15) is 12.0 Å². The predicted molar refractivity (Wildman–Crippen MR) is 111 cm³/mol. The van der Waals surface area contributed by atoms with E-state index in [-0.39, 0.29) is 47.2 Å². The summed E-state index contributed by atoms with van der Waals surface area (Å²) < 4.78 is 48.4. The summed E-state index contributed by atoms with van der Waals surface area (Å²) in [4.78, 5) is 27.0. The molecule has 0 bridgehead atoms. The Morgan fingerprint density at radius 2 is 2.00 bits per heavy atom. The molecule has 33 heavy (non-hydrogen) atoms. The van der Waals surface area contributed by atoms with Gasteiger partial charge < -0.3 is 9.64 Å². The normalized spacial score (nSPS) is 21.1. The third-order valence-electron chi connectivity index (χ3n) is 6.51. The Morgan fingerprint density at radius 1 is 1.21 bits per heavy atom. The van der Waals surface area contributed by atoms with E-state index in [1.807, 2.05) is 6.92 Å². The first kappa shape index (κ1) is 21.6. The first-order chi connectivity index (χ1) is 15.9. The molecule has 1 aliphatic carbocycles. The Labute approximate surface area is 187 Å². The van der Waals surface area contributed by atoms with Crippen LogP contribution in [0, 0.1) is 11.7 Å². The Bertz CT molecular complexity index is 1210. The van der Waals surface area contributed by atoms with Gasteiger partial charge in [0.05, 0.1) is 18.4 Å². The minimum Gasteiger partial charge on any atom is -0.479 e. The van der Waals surface area contributed by atoms with Crippen LogP contribution in [0.25, 0.3) is 5.78 Å². The molecule has 0 N–H and O–H groups in total. The maximum atomic E-state index is 15.0. The van der Waals surface area contributed by atoms with E-state index >= 15 is 0 Å². The van der Waals surface area contributed by atoms with Crippen molar-refractivity contribution in [2.45, 2.75) is 44.4 Å². The maximum Gasteiger partial charge on any atom is 0.280 e. The van der Waals surface area contributed by atoms with Crippen LogP contribution in [-0.2, 0) is 0 Å². The quantitative estimate of drug-likeness (QED) is 0.577. The van der Waals surface area contributed by atoms with Crippen LogP contribution in [0.4, 0.5) is 13.2 Å². The third kappa shape index (κ3) is 3.89. The van der Waals surface area contributed by atoms with Gasteiger partial charge in [-0.1, -0.05) is 6.92 Å². The lowest BCUT2D eigenvalue weighted by Gasteiger charge is -2.37. The molecule has 2 fully saturated rings. The van der Waals surface area contributed by atoms with Gasteiger partial charge in [-0.2, -0.15) is 10.1 Å². The van der Waals surface area contributed by atoms with Crippen molar-refractivity contribution in [2.24, 2.45) is 5.92 Å². The van der Waals surface area contributed by atoms with Crippen molar-refractivity contribution >= 4 is 11.7 Å². The van der Waals surface area contributed by atoms with Gasteiger partial charge in [-0.3, -0.25) is 4.79 Å². The highest BCUT2D eigenvalue weighted by atomic mass is 19.3. The monoisotopic (exact) mass is 460 g/mol. The van der Waals surface area contributed by atoms with Gasteiger partial charge in [0, 0.05) is 30.6 Å². The number of ether oxygens (including phenoxy) is 1. The Morgan fingerprint density at radius 3 is 2.70 bits per heavy atom. The van der Waals surface area contributed by atoms with Crippen molar-refractivity contribution in [1.82, 2.24) is 29.5 Å². The van der Waals surface area contributed by atoms with Crippen molar-refractivity contribution in [3.8, 4) is 5.88 Å². The maximum absolute atomic E-state index is 15.0. The van der Waals surface area contributed by atoms with Crippen molar-refractivity contribution < 1.29 is 22.7 Å². The second-order valence-electron chi connectivity index (χ2n) is 8.69. The summed E-state index contributed by atoms with van der Waals surface area (Å²) in [7, 11) is 1.32. The molecular weight excluding hydrogens is 437 g/mol. The van der Waals surface area contributed by atoms with E-state index in [0.29, 0.717) is 24.4 Å². The Hall–Kier alpha value is -3.24. The largest absolute Gasteiger partial charge is 0.479 e. The number of rotatable bonds is 5. The number of likely N-dealkylation sites (tertiary alicyclic amines) is 1. The van der Waals surface area contributed by atoms with E-state index in [0.717, 1.165) is 12.8 Å². The number of fused-ring (bicyclic) bond motifs is 1. The number of nitrogens with zero attached hydrogens (tertiary/aromatic N) is 6. The number of methoxy groups -OCH3 is 1. The van der Waals surface area contributed by atoms with E-state index in [1.54, 1.807) is 4.90 Å². The van der Waals surface area contributed by atoms with Crippen molar-refractivity contribution in [3.63, 3.8) is 0 Å². The fraction of sp³-hybridized carbons (Fsp3) is 0.500. The highest BCUT2D eigenvalue weighted by Gasteiger charge is 2.35. The molecule has 1 aliphatic heterocycles. The van der Waals surface area contributed by atoms with E-state index in [4.69, 9.17) is 4.74 Å². The van der Waals surface area contributed by atoms with Crippen molar-refractivity contribution in [2.75, 3.05) is 20.2 Å². The molecule has 0 unspecified atom stereocenters. The first-order valence-corrected chi connectivity index (χ1v) is 10.9. The molecule has 1 saturated carbocycles. The molecule has 0 spiro atoms. The number of halogens is 3. The lowest BCUT2D eigenvalue weighted by atomic mass is 9.84. The molecule has 2 atom stereocenters. The minimum atomic E-state index is -2.76. The molecule has 174 valence electrons. The topological polar surface area (TPSA) is 85.5 Å². The van der Waals surface area contributed by atoms with Gasteiger partial charge in [0.25, 0.3) is 24.0 Å². The number of aromatic nitrogens is 5. The zero-order valence-electron chi connectivity index (χ0n) is 18.2.